The van der Waals surface area contributed by atoms with Crippen LogP contribution in [0.3, 0.4) is 0 Å². The van der Waals surface area contributed by atoms with E-state index in [1.54, 1.807) is 12.5 Å². The van der Waals surface area contributed by atoms with Gasteiger partial charge in [0.05, 0.1) is 18.9 Å². The van der Waals surface area contributed by atoms with Crippen LogP contribution in [0.15, 0.2) is 35.2 Å². The SMILES string of the molecule is CNC[C@H]1OCCc2c(-c3cnoc3)cccc21.Cl. The van der Waals surface area contributed by atoms with Crippen LogP contribution in [0.2, 0.25) is 0 Å². The summed E-state index contributed by atoms with van der Waals surface area (Å²) in [4.78, 5) is 0. The molecule has 0 bridgehead atoms. The van der Waals surface area contributed by atoms with Crippen LogP contribution in [0.25, 0.3) is 11.1 Å². The van der Waals surface area contributed by atoms with E-state index in [0.29, 0.717) is 0 Å². The summed E-state index contributed by atoms with van der Waals surface area (Å²) in [7, 11) is 1.95. The zero-order valence-corrected chi connectivity index (χ0v) is 11.6. The van der Waals surface area contributed by atoms with Crippen molar-refractivity contribution in [3.8, 4) is 11.1 Å². The molecule has 1 atom stereocenters. The summed E-state index contributed by atoms with van der Waals surface area (Å²) in [5, 5.41) is 6.96. The van der Waals surface area contributed by atoms with Gasteiger partial charge in [0.2, 0.25) is 0 Å². The monoisotopic (exact) mass is 280 g/mol. The van der Waals surface area contributed by atoms with Gasteiger partial charge in [0.15, 0.2) is 0 Å². The molecule has 0 aliphatic carbocycles. The molecule has 0 saturated heterocycles. The van der Waals surface area contributed by atoms with E-state index in [1.807, 2.05) is 7.05 Å². The van der Waals surface area contributed by atoms with Crippen molar-refractivity contribution in [1.82, 2.24) is 10.5 Å². The van der Waals surface area contributed by atoms with Gasteiger partial charge in [0, 0.05) is 12.1 Å². The predicted octanol–water partition coefficient (Wildman–Crippen LogP) is 2.60. The van der Waals surface area contributed by atoms with Gasteiger partial charge in [-0.25, -0.2) is 0 Å². The standard InChI is InChI=1S/C14H16N2O2.ClH/c1-15-8-14-13-4-2-3-11(10-7-16-18-9-10)12(13)5-6-17-14;/h2-4,7,9,14-15H,5-6,8H2,1H3;1H/t14-;/m1./s1. The van der Waals surface area contributed by atoms with E-state index in [4.69, 9.17) is 9.26 Å². The van der Waals surface area contributed by atoms with Gasteiger partial charge < -0.3 is 14.6 Å². The second kappa shape index (κ2) is 6.19. The normalized spacial score (nSPS) is 17.6. The first-order valence-electron chi connectivity index (χ1n) is 6.18. The maximum Gasteiger partial charge on any atom is 0.131 e. The van der Waals surface area contributed by atoms with Crippen LogP contribution in [-0.2, 0) is 11.2 Å². The Bertz CT molecular complexity index is 528. The van der Waals surface area contributed by atoms with Crippen molar-refractivity contribution in [1.29, 1.82) is 0 Å². The van der Waals surface area contributed by atoms with E-state index in [0.717, 1.165) is 25.1 Å². The molecular weight excluding hydrogens is 264 g/mol. The van der Waals surface area contributed by atoms with E-state index in [9.17, 15) is 0 Å². The summed E-state index contributed by atoms with van der Waals surface area (Å²) in [6.45, 7) is 1.60. The van der Waals surface area contributed by atoms with E-state index in [-0.39, 0.29) is 18.5 Å². The third-order valence-electron chi connectivity index (χ3n) is 3.36. The number of hydrogen-bond donors (Lipinski definition) is 1. The number of ether oxygens (including phenoxy) is 1. The van der Waals surface area contributed by atoms with Gasteiger partial charge in [-0.05, 0) is 30.2 Å². The number of nitrogens with zero attached hydrogens (tertiary/aromatic N) is 1. The zero-order chi connectivity index (χ0) is 12.4. The number of hydrogen-bond acceptors (Lipinski definition) is 4. The summed E-state index contributed by atoms with van der Waals surface area (Å²) >= 11 is 0. The van der Waals surface area contributed by atoms with Gasteiger partial charge >= 0.3 is 0 Å². The quantitative estimate of drug-likeness (QED) is 0.939. The molecule has 4 nitrogen and oxygen atoms in total. The van der Waals surface area contributed by atoms with Crippen molar-refractivity contribution in [2.45, 2.75) is 12.5 Å². The average Bonchev–Trinajstić information content (AvgIpc) is 2.93. The smallest absolute Gasteiger partial charge is 0.131 e. The predicted molar refractivity (Wildman–Crippen MR) is 75.5 cm³/mol. The van der Waals surface area contributed by atoms with Crippen LogP contribution < -0.4 is 5.32 Å². The van der Waals surface area contributed by atoms with Crippen molar-refractivity contribution >= 4 is 12.4 Å². The molecule has 19 heavy (non-hydrogen) atoms. The summed E-state index contributed by atoms with van der Waals surface area (Å²) in [6, 6.07) is 6.33. The molecule has 1 N–H and O–H groups in total. The van der Waals surface area contributed by atoms with Gasteiger partial charge in [-0.3, -0.25) is 0 Å². The molecule has 0 radical (unpaired) electrons. The Morgan fingerprint density at radius 1 is 1.42 bits per heavy atom. The third-order valence-corrected chi connectivity index (χ3v) is 3.36. The lowest BCUT2D eigenvalue weighted by Crippen LogP contribution is -2.25. The molecule has 1 aliphatic heterocycles. The Hall–Kier alpha value is -1.36. The summed E-state index contributed by atoms with van der Waals surface area (Å²) in [6.07, 6.45) is 4.53. The molecular formula is C14H17ClN2O2. The highest BCUT2D eigenvalue weighted by molar-refractivity contribution is 5.85. The largest absolute Gasteiger partial charge is 0.372 e. The molecule has 1 aromatic carbocycles. The van der Waals surface area contributed by atoms with Crippen molar-refractivity contribution in [3.63, 3.8) is 0 Å². The lowest BCUT2D eigenvalue weighted by atomic mass is 9.90. The zero-order valence-electron chi connectivity index (χ0n) is 10.8. The van der Waals surface area contributed by atoms with Crippen LogP contribution in [0.4, 0.5) is 0 Å². The Morgan fingerprint density at radius 3 is 3.05 bits per heavy atom. The molecule has 0 fully saturated rings. The van der Waals surface area contributed by atoms with Crippen LogP contribution in [0, 0.1) is 0 Å². The van der Waals surface area contributed by atoms with Crippen molar-refractivity contribution in [2.24, 2.45) is 0 Å². The Kier molecular flexibility index (Phi) is 4.58. The van der Waals surface area contributed by atoms with E-state index in [2.05, 4.69) is 28.7 Å². The summed E-state index contributed by atoms with van der Waals surface area (Å²) in [5.41, 5.74) is 4.87. The molecule has 0 spiro atoms. The Balaban J connectivity index is 0.00000133. The van der Waals surface area contributed by atoms with Crippen molar-refractivity contribution in [3.05, 3.63) is 41.8 Å². The summed E-state index contributed by atoms with van der Waals surface area (Å²) < 4.78 is 10.8. The molecule has 0 saturated carbocycles. The Labute approximate surface area is 118 Å². The van der Waals surface area contributed by atoms with Gasteiger partial charge in [0.1, 0.15) is 6.26 Å². The van der Waals surface area contributed by atoms with Gasteiger partial charge in [-0.2, -0.15) is 0 Å². The van der Waals surface area contributed by atoms with Crippen LogP contribution >= 0.6 is 12.4 Å². The minimum absolute atomic E-state index is 0. The van der Waals surface area contributed by atoms with Gasteiger partial charge in [0.25, 0.3) is 0 Å². The first-order chi connectivity index (χ1) is 8.90. The molecule has 3 rings (SSSR count). The average molecular weight is 281 g/mol. The lowest BCUT2D eigenvalue weighted by Gasteiger charge is -2.27. The number of fused-ring (bicyclic) bond motifs is 1. The molecule has 0 amide bonds. The molecule has 2 aromatic rings. The number of nitrogens with one attached hydrogen (secondary N) is 1. The van der Waals surface area contributed by atoms with Crippen molar-refractivity contribution in [2.75, 3.05) is 20.2 Å². The molecule has 1 aromatic heterocycles. The third kappa shape index (κ3) is 2.66. The minimum Gasteiger partial charge on any atom is -0.372 e. The second-order valence-electron chi connectivity index (χ2n) is 4.45. The van der Waals surface area contributed by atoms with Gasteiger partial charge in [-0.15, -0.1) is 12.4 Å². The highest BCUT2D eigenvalue weighted by Gasteiger charge is 2.22. The number of benzene rings is 1. The molecule has 0 unspecified atom stereocenters. The fourth-order valence-corrected chi connectivity index (χ4v) is 2.54. The minimum atomic E-state index is 0. The van der Waals surface area contributed by atoms with Crippen LogP contribution in [0.1, 0.15) is 17.2 Å². The molecule has 1 aliphatic rings. The number of halogens is 1. The van der Waals surface area contributed by atoms with E-state index in [1.165, 1.54) is 16.7 Å². The highest BCUT2D eigenvalue weighted by Crippen LogP contribution is 2.33. The van der Waals surface area contributed by atoms with Gasteiger partial charge in [-0.1, -0.05) is 23.4 Å². The fourth-order valence-electron chi connectivity index (χ4n) is 2.54. The van der Waals surface area contributed by atoms with Crippen molar-refractivity contribution < 1.29 is 9.26 Å². The molecule has 5 heteroatoms. The molecule has 2 heterocycles. The maximum atomic E-state index is 5.82. The van der Waals surface area contributed by atoms with E-state index >= 15 is 0 Å². The topological polar surface area (TPSA) is 47.3 Å². The Morgan fingerprint density at radius 2 is 2.32 bits per heavy atom. The fraction of sp³-hybridized carbons (Fsp3) is 0.357. The van der Waals surface area contributed by atoms with Crippen LogP contribution in [-0.4, -0.2) is 25.4 Å². The highest BCUT2D eigenvalue weighted by atomic mass is 35.5. The van der Waals surface area contributed by atoms with E-state index < -0.39 is 0 Å². The number of rotatable bonds is 3. The lowest BCUT2D eigenvalue weighted by molar-refractivity contribution is 0.0440. The first-order valence-corrected chi connectivity index (χ1v) is 6.18. The van der Waals surface area contributed by atoms with Crippen LogP contribution in [0.5, 0.6) is 0 Å². The first kappa shape index (κ1) is 14.1. The molecule has 102 valence electrons. The summed E-state index contributed by atoms with van der Waals surface area (Å²) in [5.74, 6) is 0. The second-order valence-corrected chi connectivity index (χ2v) is 4.45. The number of likely N-dealkylation sites (N-methyl/N-ethyl adjacent to an activating group) is 1. The maximum absolute atomic E-state index is 5.82. The number of aromatic nitrogens is 1.